The lowest BCUT2D eigenvalue weighted by molar-refractivity contribution is 0.215. The Morgan fingerprint density at radius 3 is 2.56 bits per heavy atom. The van der Waals surface area contributed by atoms with Crippen molar-refractivity contribution in [2.24, 2.45) is 0 Å². The van der Waals surface area contributed by atoms with Crippen LogP contribution < -0.4 is 4.90 Å². The summed E-state index contributed by atoms with van der Waals surface area (Å²) in [6, 6.07) is 8.60. The normalized spacial score (nSPS) is 13.4. The van der Waals surface area contributed by atoms with E-state index < -0.39 is 0 Å². The van der Waals surface area contributed by atoms with Crippen LogP contribution in [-0.2, 0) is 4.74 Å². The molecule has 0 aliphatic heterocycles. The molecular weight excluding hydrogens is 374 g/mol. The largest absolute Gasteiger partial charge is 0.494 e. The van der Waals surface area contributed by atoms with Crippen LogP contribution in [0.4, 0.5) is 5.69 Å². The maximum Gasteiger partial charge on any atom is 0.114 e. The number of hydrogen-bond donors (Lipinski definition) is 0. The van der Waals surface area contributed by atoms with Crippen molar-refractivity contribution in [1.82, 2.24) is 0 Å². The first kappa shape index (κ1) is 19.8. The Labute approximate surface area is 161 Å². The SMILES string of the molecule is C=CCCN(CCCCCCOC1=CCCC=C1)c1ccc(Br)cc1. The number of halogens is 1. The highest BCUT2D eigenvalue weighted by Gasteiger charge is 2.05. The number of rotatable bonds is 12. The molecule has 0 spiro atoms. The fourth-order valence-corrected chi connectivity index (χ4v) is 3.18. The first-order valence-electron chi connectivity index (χ1n) is 9.40. The van der Waals surface area contributed by atoms with Gasteiger partial charge >= 0.3 is 0 Å². The van der Waals surface area contributed by atoms with Gasteiger partial charge in [0, 0.05) is 23.2 Å². The molecular formula is C22H30BrNO. The first-order valence-corrected chi connectivity index (χ1v) is 10.2. The molecule has 1 aromatic carbocycles. The summed E-state index contributed by atoms with van der Waals surface area (Å²) in [6.07, 6.45) is 16.6. The fourth-order valence-electron chi connectivity index (χ4n) is 2.91. The Kier molecular flexibility index (Phi) is 9.50. The van der Waals surface area contributed by atoms with Crippen molar-refractivity contribution in [2.75, 3.05) is 24.6 Å². The molecule has 0 heterocycles. The maximum absolute atomic E-state index is 5.79. The van der Waals surface area contributed by atoms with Crippen molar-refractivity contribution in [3.8, 4) is 0 Å². The quantitative estimate of drug-likeness (QED) is 0.286. The highest BCUT2D eigenvalue weighted by Crippen LogP contribution is 2.19. The molecule has 0 fully saturated rings. The van der Waals surface area contributed by atoms with E-state index in [4.69, 9.17) is 4.74 Å². The molecule has 2 nitrogen and oxygen atoms in total. The van der Waals surface area contributed by atoms with Crippen molar-refractivity contribution in [3.05, 3.63) is 65.4 Å². The van der Waals surface area contributed by atoms with Crippen LogP contribution >= 0.6 is 15.9 Å². The molecule has 0 N–H and O–H groups in total. The number of nitrogens with zero attached hydrogens (tertiary/aromatic N) is 1. The molecule has 0 saturated carbocycles. The van der Waals surface area contributed by atoms with Gasteiger partial charge in [-0.2, -0.15) is 0 Å². The van der Waals surface area contributed by atoms with Crippen molar-refractivity contribution in [3.63, 3.8) is 0 Å². The molecule has 0 radical (unpaired) electrons. The molecule has 0 atom stereocenters. The monoisotopic (exact) mass is 403 g/mol. The third-order valence-corrected chi connectivity index (χ3v) is 4.88. The average molecular weight is 404 g/mol. The standard InChI is InChI=1S/C22H30BrNO/c1-2-3-17-24(21-15-13-20(23)14-16-21)18-9-4-5-10-19-25-22-11-7-6-8-12-22/h2,7,11-16H,1,3-6,8-10,17-19H2. The minimum atomic E-state index is 0.836. The Hall–Kier alpha value is -1.48. The molecule has 0 aromatic heterocycles. The highest BCUT2D eigenvalue weighted by atomic mass is 79.9. The summed E-state index contributed by atoms with van der Waals surface area (Å²) in [4.78, 5) is 2.46. The first-order chi connectivity index (χ1) is 12.3. The minimum Gasteiger partial charge on any atom is -0.494 e. The lowest BCUT2D eigenvalue weighted by Gasteiger charge is -2.24. The van der Waals surface area contributed by atoms with Gasteiger partial charge < -0.3 is 9.64 Å². The number of hydrogen-bond acceptors (Lipinski definition) is 2. The second-order valence-electron chi connectivity index (χ2n) is 6.39. The Morgan fingerprint density at radius 1 is 1.04 bits per heavy atom. The lowest BCUT2D eigenvalue weighted by atomic mass is 10.1. The molecule has 0 amide bonds. The summed E-state index contributed by atoms with van der Waals surface area (Å²) in [6.45, 7) is 6.83. The Balaban J connectivity index is 1.63. The van der Waals surface area contributed by atoms with Crippen LogP contribution in [0.2, 0.25) is 0 Å². The smallest absolute Gasteiger partial charge is 0.114 e. The predicted octanol–water partition coefficient (Wildman–Crippen LogP) is 6.64. The summed E-state index contributed by atoms with van der Waals surface area (Å²) in [7, 11) is 0. The second-order valence-corrected chi connectivity index (χ2v) is 7.31. The zero-order valence-corrected chi connectivity index (χ0v) is 16.7. The summed E-state index contributed by atoms with van der Waals surface area (Å²) in [5, 5.41) is 0. The van der Waals surface area contributed by atoms with Crippen molar-refractivity contribution >= 4 is 21.6 Å². The topological polar surface area (TPSA) is 12.5 Å². The van der Waals surface area contributed by atoms with Gasteiger partial charge in [0.1, 0.15) is 5.76 Å². The summed E-state index contributed by atoms with van der Waals surface area (Å²) in [5.74, 6) is 1.05. The second kappa shape index (κ2) is 12.0. The van der Waals surface area contributed by atoms with Crippen molar-refractivity contribution < 1.29 is 4.74 Å². The van der Waals surface area contributed by atoms with Gasteiger partial charge in [-0.25, -0.2) is 0 Å². The third kappa shape index (κ3) is 7.96. The number of allylic oxidation sites excluding steroid dienone is 3. The molecule has 0 saturated heterocycles. The van der Waals surface area contributed by atoms with E-state index in [1.165, 1.54) is 24.9 Å². The molecule has 0 unspecified atom stereocenters. The van der Waals surface area contributed by atoms with Crippen molar-refractivity contribution in [1.29, 1.82) is 0 Å². The van der Waals surface area contributed by atoms with Gasteiger partial charge in [-0.15, -0.1) is 6.58 Å². The summed E-state index contributed by atoms with van der Waals surface area (Å²) < 4.78 is 6.92. The third-order valence-electron chi connectivity index (χ3n) is 4.35. The molecule has 1 aliphatic carbocycles. The molecule has 25 heavy (non-hydrogen) atoms. The van der Waals surface area contributed by atoms with Crippen LogP contribution in [0.5, 0.6) is 0 Å². The molecule has 0 bridgehead atoms. The van der Waals surface area contributed by atoms with Gasteiger partial charge in [-0.05, 0) is 68.5 Å². The zero-order chi connectivity index (χ0) is 17.7. The van der Waals surface area contributed by atoms with E-state index in [-0.39, 0.29) is 0 Å². The molecule has 1 aliphatic rings. The number of benzene rings is 1. The van der Waals surface area contributed by atoms with E-state index in [9.17, 15) is 0 Å². The van der Waals surface area contributed by atoms with Crippen LogP contribution in [0.1, 0.15) is 44.9 Å². The van der Waals surface area contributed by atoms with E-state index >= 15 is 0 Å². The molecule has 1 aromatic rings. The Morgan fingerprint density at radius 2 is 1.84 bits per heavy atom. The predicted molar refractivity (Wildman–Crippen MR) is 112 cm³/mol. The van der Waals surface area contributed by atoms with Gasteiger partial charge in [0.05, 0.1) is 6.61 Å². The maximum atomic E-state index is 5.79. The van der Waals surface area contributed by atoms with Crippen molar-refractivity contribution in [2.45, 2.75) is 44.9 Å². The summed E-state index contributed by atoms with van der Waals surface area (Å²) in [5.41, 5.74) is 1.30. The number of anilines is 1. The van der Waals surface area contributed by atoms with E-state index in [2.05, 4.69) is 69.9 Å². The number of unbranched alkanes of at least 4 members (excludes halogenated alkanes) is 3. The van der Waals surface area contributed by atoms with Gasteiger partial charge in [-0.1, -0.05) is 40.9 Å². The lowest BCUT2D eigenvalue weighted by Crippen LogP contribution is -2.25. The fraction of sp³-hybridized carbons (Fsp3) is 0.455. The van der Waals surface area contributed by atoms with Crippen LogP contribution in [0.3, 0.4) is 0 Å². The van der Waals surface area contributed by atoms with Gasteiger partial charge in [0.2, 0.25) is 0 Å². The van der Waals surface area contributed by atoms with E-state index in [1.807, 2.05) is 6.08 Å². The van der Waals surface area contributed by atoms with Crippen LogP contribution in [0, 0.1) is 0 Å². The summed E-state index contributed by atoms with van der Waals surface area (Å²) >= 11 is 3.51. The van der Waals surface area contributed by atoms with Crippen LogP contribution in [-0.4, -0.2) is 19.7 Å². The average Bonchev–Trinajstić information content (AvgIpc) is 2.65. The molecule has 3 heteroatoms. The number of ether oxygens (including phenoxy) is 1. The minimum absolute atomic E-state index is 0.836. The van der Waals surface area contributed by atoms with E-state index in [0.29, 0.717) is 0 Å². The van der Waals surface area contributed by atoms with Gasteiger partial charge in [0.15, 0.2) is 0 Å². The zero-order valence-electron chi connectivity index (χ0n) is 15.1. The van der Waals surface area contributed by atoms with Gasteiger partial charge in [-0.3, -0.25) is 0 Å². The molecule has 2 rings (SSSR count). The Bertz CT molecular complexity index is 562. The van der Waals surface area contributed by atoms with E-state index in [1.54, 1.807) is 0 Å². The highest BCUT2D eigenvalue weighted by molar-refractivity contribution is 9.10. The van der Waals surface area contributed by atoms with Gasteiger partial charge in [0.25, 0.3) is 0 Å². The van der Waals surface area contributed by atoms with E-state index in [0.717, 1.165) is 55.6 Å². The van der Waals surface area contributed by atoms with Crippen LogP contribution in [0.15, 0.2) is 65.4 Å². The van der Waals surface area contributed by atoms with Crippen LogP contribution in [0.25, 0.3) is 0 Å². The molecule has 136 valence electrons.